The van der Waals surface area contributed by atoms with Crippen molar-refractivity contribution in [3.8, 4) is 11.6 Å². The third-order valence-electron chi connectivity index (χ3n) is 5.99. The van der Waals surface area contributed by atoms with Crippen molar-refractivity contribution < 1.29 is 35.9 Å². The summed E-state index contributed by atoms with van der Waals surface area (Å²) in [4.78, 5) is 22.3. The first-order valence-electron chi connectivity index (χ1n) is 11.1. The molecule has 4 aromatic rings. The second-order valence-electron chi connectivity index (χ2n) is 8.51. The van der Waals surface area contributed by atoms with E-state index < -0.39 is 41.5 Å². The van der Waals surface area contributed by atoms with Crippen molar-refractivity contribution in [2.24, 2.45) is 0 Å². The van der Waals surface area contributed by atoms with Gasteiger partial charge < -0.3 is 9.64 Å². The number of fused-ring (bicyclic) bond motifs is 1. The van der Waals surface area contributed by atoms with Crippen LogP contribution >= 0.6 is 0 Å². The third kappa shape index (κ3) is 5.07. The number of carbonyl (C=O) groups is 1. The maximum absolute atomic E-state index is 14.4. The number of alkyl halides is 4. The Bertz CT molecular complexity index is 1480. The van der Waals surface area contributed by atoms with Gasteiger partial charge in [-0.2, -0.15) is 13.2 Å². The average molecular weight is 517 g/mol. The van der Waals surface area contributed by atoms with E-state index in [0.717, 1.165) is 35.2 Å². The number of ether oxygens (including phenoxy) is 1. The summed E-state index contributed by atoms with van der Waals surface area (Å²) in [6.07, 6.45) is -5.42. The third-order valence-corrected chi connectivity index (χ3v) is 5.99. The van der Waals surface area contributed by atoms with Crippen LogP contribution in [0.25, 0.3) is 10.9 Å². The van der Waals surface area contributed by atoms with Crippen LogP contribution in [0.2, 0.25) is 0 Å². The van der Waals surface area contributed by atoms with E-state index in [2.05, 4.69) is 9.97 Å². The van der Waals surface area contributed by atoms with E-state index in [1.807, 2.05) is 0 Å². The van der Waals surface area contributed by atoms with Crippen molar-refractivity contribution in [3.05, 3.63) is 95.3 Å². The maximum Gasteiger partial charge on any atom is 0.417 e. The van der Waals surface area contributed by atoms with Crippen molar-refractivity contribution in [1.29, 1.82) is 0 Å². The molecule has 0 unspecified atom stereocenters. The zero-order valence-corrected chi connectivity index (χ0v) is 18.8. The van der Waals surface area contributed by atoms with E-state index in [1.54, 1.807) is 12.1 Å². The number of hydrogen-bond acceptors (Lipinski definition) is 4. The number of benzene rings is 2. The Kier molecular flexibility index (Phi) is 6.22. The summed E-state index contributed by atoms with van der Waals surface area (Å²) in [7, 11) is 0. The summed E-state index contributed by atoms with van der Waals surface area (Å²) in [5, 5.41) is 0.554. The van der Waals surface area contributed by atoms with Gasteiger partial charge in [0, 0.05) is 29.6 Å². The number of carbonyl (C=O) groups excluding carboxylic acids is 1. The van der Waals surface area contributed by atoms with Gasteiger partial charge in [0.1, 0.15) is 29.2 Å². The first-order chi connectivity index (χ1) is 17.6. The van der Waals surface area contributed by atoms with Crippen molar-refractivity contribution in [2.45, 2.75) is 24.8 Å². The van der Waals surface area contributed by atoms with Gasteiger partial charge in [-0.15, -0.1) is 0 Å². The first kappa shape index (κ1) is 24.5. The fraction of sp³-hybridized carbons (Fsp3) is 0.192. The molecule has 2 aromatic heterocycles. The average Bonchev–Trinajstić information content (AvgIpc) is 3.25. The molecule has 2 aromatic carbocycles. The van der Waals surface area contributed by atoms with E-state index >= 15 is 0 Å². The van der Waals surface area contributed by atoms with Crippen molar-refractivity contribution in [2.75, 3.05) is 6.54 Å². The molecule has 1 aliphatic rings. The van der Waals surface area contributed by atoms with Crippen LogP contribution in [-0.4, -0.2) is 33.5 Å². The maximum atomic E-state index is 14.4. The highest BCUT2D eigenvalue weighted by atomic mass is 19.4. The predicted octanol–water partition coefficient (Wildman–Crippen LogP) is 6.64. The highest BCUT2D eigenvalue weighted by Gasteiger charge is 2.38. The summed E-state index contributed by atoms with van der Waals surface area (Å²) < 4.78 is 86.0. The summed E-state index contributed by atoms with van der Waals surface area (Å²) in [5.41, 5.74) is -0.628. The van der Waals surface area contributed by atoms with Crippen LogP contribution in [-0.2, 0) is 6.18 Å². The van der Waals surface area contributed by atoms with E-state index in [4.69, 9.17) is 4.74 Å². The normalized spacial score (nSPS) is 17.8. The molecule has 1 fully saturated rings. The van der Waals surface area contributed by atoms with Crippen LogP contribution in [0.15, 0.2) is 66.9 Å². The summed E-state index contributed by atoms with van der Waals surface area (Å²) in [6, 6.07) is 11.4. The standard InChI is InChI=1S/C26H17F6N3O2/c27-16-3-5-20(29)19(10-16)23-11-17(28)13-35(23)25(36)22-6-1-14-9-18(4-7-21(14)34-22)37-24-8-2-15(12-33-24)26(30,31)32/h1-10,12,17,23H,11,13H2/t17-,23-/m1/s1. The monoisotopic (exact) mass is 517 g/mol. The Labute approximate surface area is 206 Å². The predicted molar refractivity (Wildman–Crippen MR) is 121 cm³/mol. The molecule has 0 N–H and O–H groups in total. The Morgan fingerprint density at radius 1 is 1.00 bits per heavy atom. The molecule has 1 aliphatic heterocycles. The SMILES string of the molecule is O=C(c1ccc2cc(Oc3ccc(C(F)(F)F)cn3)ccc2n1)N1C[C@H](F)C[C@@H]1c1cc(F)ccc1F. The van der Waals surface area contributed by atoms with Crippen molar-refractivity contribution >= 4 is 16.8 Å². The fourth-order valence-electron chi connectivity index (χ4n) is 4.24. The number of hydrogen-bond donors (Lipinski definition) is 0. The van der Waals surface area contributed by atoms with Gasteiger partial charge >= 0.3 is 6.18 Å². The Balaban J connectivity index is 1.37. The highest BCUT2D eigenvalue weighted by molar-refractivity contribution is 5.95. The van der Waals surface area contributed by atoms with Gasteiger partial charge in [-0.25, -0.2) is 23.1 Å². The Morgan fingerprint density at radius 3 is 2.54 bits per heavy atom. The van der Waals surface area contributed by atoms with Gasteiger partial charge in [0.15, 0.2) is 0 Å². The molecule has 190 valence electrons. The Hall–Kier alpha value is -4.15. The highest BCUT2D eigenvalue weighted by Crippen LogP contribution is 2.36. The second kappa shape index (κ2) is 9.38. The van der Waals surface area contributed by atoms with Crippen molar-refractivity contribution in [1.82, 2.24) is 14.9 Å². The van der Waals surface area contributed by atoms with Crippen LogP contribution in [0.4, 0.5) is 26.3 Å². The van der Waals surface area contributed by atoms with Gasteiger partial charge in [-0.1, -0.05) is 6.07 Å². The minimum Gasteiger partial charge on any atom is -0.439 e. The lowest BCUT2D eigenvalue weighted by molar-refractivity contribution is -0.137. The van der Waals surface area contributed by atoms with E-state index in [0.29, 0.717) is 17.1 Å². The summed E-state index contributed by atoms with van der Waals surface area (Å²) in [5.74, 6) is -1.83. The van der Waals surface area contributed by atoms with E-state index in [-0.39, 0.29) is 35.9 Å². The smallest absolute Gasteiger partial charge is 0.417 e. The lowest BCUT2D eigenvalue weighted by Crippen LogP contribution is -2.32. The molecular formula is C26H17F6N3O2. The molecule has 2 atom stereocenters. The fourth-order valence-corrected chi connectivity index (χ4v) is 4.24. The first-order valence-corrected chi connectivity index (χ1v) is 11.1. The molecule has 0 bridgehead atoms. The van der Waals surface area contributed by atoms with Gasteiger partial charge in [-0.05, 0) is 48.5 Å². The zero-order chi connectivity index (χ0) is 26.3. The minimum atomic E-state index is -4.51. The molecule has 37 heavy (non-hydrogen) atoms. The molecule has 5 nitrogen and oxygen atoms in total. The largest absolute Gasteiger partial charge is 0.439 e. The molecule has 1 amide bonds. The molecule has 11 heteroatoms. The van der Waals surface area contributed by atoms with Crippen LogP contribution in [0.5, 0.6) is 11.6 Å². The quantitative estimate of drug-likeness (QED) is 0.285. The van der Waals surface area contributed by atoms with Crippen LogP contribution in [0, 0.1) is 11.6 Å². The minimum absolute atomic E-state index is 0.0125. The van der Waals surface area contributed by atoms with Gasteiger partial charge in [0.25, 0.3) is 5.91 Å². The van der Waals surface area contributed by atoms with E-state index in [9.17, 15) is 31.1 Å². The van der Waals surface area contributed by atoms with Crippen LogP contribution < -0.4 is 4.74 Å². The van der Waals surface area contributed by atoms with Crippen molar-refractivity contribution in [3.63, 3.8) is 0 Å². The number of rotatable bonds is 4. The molecule has 0 aliphatic carbocycles. The lowest BCUT2D eigenvalue weighted by Gasteiger charge is -2.25. The zero-order valence-electron chi connectivity index (χ0n) is 18.8. The van der Waals surface area contributed by atoms with Crippen LogP contribution in [0.1, 0.15) is 34.1 Å². The van der Waals surface area contributed by atoms with Gasteiger partial charge in [-0.3, -0.25) is 4.79 Å². The molecular weight excluding hydrogens is 500 g/mol. The summed E-state index contributed by atoms with van der Waals surface area (Å²) >= 11 is 0. The lowest BCUT2D eigenvalue weighted by atomic mass is 10.0. The number of amides is 1. The Morgan fingerprint density at radius 2 is 1.81 bits per heavy atom. The molecule has 3 heterocycles. The second-order valence-corrected chi connectivity index (χ2v) is 8.51. The molecule has 0 saturated carbocycles. The molecule has 5 rings (SSSR count). The molecule has 0 spiro atoms. The van der Waals surface area contributed by atoms with Gasteiger partial charge in [0.2, 0.25) is 5.88 Å². The van der Waals surface area contributed by atoms with Gasteiger partial charge in [0.05, 0.1) is 23.7 Å². The topological polar surface area (TPSA) is 55.3 Å². The number of likely N-dealkylation sites (tertiary alicyclic amines) is 1. The van der Waals surface area contributed by atoms with E-state index in [1.165, 1.54) is 18.2 Å². The molecule has 0 radical (unpaired) electrons. The number of aromatic nitrogens is 2. The number of halogens is 6. The number of nitrogens with zero attached hydrogens (tertiary/aromatic N) is 3. The molecule has 1 saturated heterocycles. The number of pyridine rings is 2. The van der Waals surface area contributed by atoms with Crippen LogP contribution in [0.3, 0.4) is 0 Å². The summed E-state index contributed by atoms with van der Waals surface area (Å²) in [6.45, 7) is -0.286.